The van der Waals surface area contributed by atoms with Crippen LogP contribution in [0.25, 0.3) is 0 Å². The Morgan fingerprint density at radius 2 is 1.82 bits per heavy atom. The largest absolute Gasteiger partial charge is 0.395 e. The lowest BCUT2D eigenvalue weighted by Crippen LogP contribution is -2.27. The van der Waals surface area contributed by atoms with Crippen LogP contribution in [0.15, 0.2) is 58.9 Å². The third-order valence-corrected chi connectivity index (χ3v) is 3.37. The van der Waals surface area contributed by atoms with Crippen molar-refractivity contribution in [1.82, 2.24) is 0 Å². The van der Waals surface area contributed by atoms with Crippen molar-refractivity contribution in [2.45, 2.75) is 13.3 Å². The number of benzene rings is 1. The SMILES string of the molecule is CCCN(CCO)c1ccc(/N=N\c2cccc[n+]2C)cc1. The highest BCUT2D eigenvalue weighted by atomic mass is 16.3. The molecule has 2 aromatic rings. The minimum atomic E-state index is 0.159. The zero-order valence-electron chi connectivity index (χ0n) is 13.2. The quantitative estimate of drug-likeness (QED) is 0.631. The highest BCUT2D eigenvalue weighted by Crippen LogP contribution is 2.21. The first-order valence-corrected chi connectivity index (χ1v) is 7.57. The molecule has 1 aromatic heterocycles. The Labute approximate surface area is 131 Å². The number of pyridine rings is 1. The van der Waals surface area contributed by atoms with E-state index in [0.717, 1.165) is 30.2 Å². The summed E-state index contributed by atoms with van der Waals surface area (Å²) in [6.45, 7) is 3.87. The van der Waals surface area contributed by atoms with E-state index < -0.39 is 0 Å². The summed E-state index contributed by atoms with van der Waals surface area (Å²) in [5.41, 5.74) is 1.91. The van der Waals surface area contributed by atoms with Gasteiger partial charge in [0.05, 0.1) is 25.0 Å². The topological polar surface area (TPSA) is 52.1 Å². The Balaban J connectivity index is 2.10. The molecule has 0 bridgehead atoms. The van der Waals surface area contributed by atoms with Crippen molar-refractivity contribution in [1.29, 1.82) is 0 Å². The van der Waals surface area contributed by atoms with E-state index in [9.17, 15) is 0 Å². The van der Waals surface area contributed by atoms with E-state index >= 15 is 0 Å². The number of hydrogen-bond acceptors (Lipinski definition) is 4. The number of nitrogens with zero attached hydrogens (tertiary/aromatic N) is 4. The molecule has 2 rings (SSSR count). The molecule has 1 aromatic carbocycles. The van der Waals surface area contributed by atoms with Gasteiger partial charge in [-0.2, -0.15) is 0 Å². The molecule has 0 saturated carbocycles. The maximum absolute atomic E-state index is 9.14. The van der Waals surface area contributed by atoms with Crippen molar-refractivity contribution in [2.24, 2.45) is 17.3 Å². The van der Waals surface area contributed by atoms with Gasteiger partial charge in [-0.1, -0.05) is 13.0 Å². The summed E-state index contributed by atoms with van der Waals surface area (Å²) >= 11 is 0. The van der Waals surface area contributed by atoms with Crippen molar-refractivity contribution in [3.05, 3.63) is 48.7 Å². The lowest BCUT2D eigenvalue weighted by Gasteiger charge is -2.23. The molecule has 5 nitrogen and oxygen atoms in total. The second-order valence-electron chi connectivity index (χ2n) is 5.10. The molecule has 0 radical (unpaired) electrons. The Hall–Kier alpha value is -2.27. The fourth-order valence-corrected chi connectivity index (χ4v) is 2.22. The zero-order valence-corrected chi connectivity index (χ0v) is 13.2. The second kappa shape index (κ2) is 8.24. The molecule has 116 valence electrons. The molecule has 22 heavy (non-hydrogen) atoms. The van der Waals surface area contributed by atoms with Crippen LogP contribution in [0.5, 0.6) is 0 Å². The Morgan fingerprint density at radius 3 is 2.45 bits per heavy atom. The van der Waals surface area contributed by atoms with Gasteiger partial charge in [0.2, 0.25) is 0 Å². The smallest absolute Gasteiger partial charge is 0.350 e. The lowest BCUT2D eigenvalue weighted by atomic mass is 10.2. The van der Waals surface area contributed by atoms with Gasteiger partial charge >= 0.3 is 5.82 Å². The van der Waals surface area contributed by atoms with Crippen LogP contribution >= 0.6 is 0 Å². The van der Waals surface area contributed by atoms with Crippen LogP contribution in [0, 0.1) is 0 Å². The maximum Gasteiger partial charge on any atom is 0.350 e. The van der Waals surface area contributed by atoms with E-state index in [0.29, 0.717) is 6.54 Å². The van der Waals surface area contributed by atoms with Crippen LogP contribution in [0.4, 0.5) is 17.2 Å². The molecular formula is C17H23N4O+. The Kier molecular flexibility index (Phi) is 6.03. The summed E-state index contributed by atoms with van der Waals surface area (Å²) in [4.78, 5) is 2.16. The van der Waals surface area contributed by atoms with Gasteiger partial charge in [0, 0.05) is 24.8 Å². The molecule has 1 heterocycles. The van der Waals surface area contributed by atoms with Crippen molar-refractivity contribution in [3.63, 3.8) is 0 Å². The number of aliphatic hydroxyl groups is 1. The summed E-state index contributed by atoms with van der Waals surface area (Å²) in [5, 5.41) is 17.7. The van der Waals surface area contributed by atoms with Crippen LogP contribution in [0.3, 0.4) is 0 Å². The van der Waals surface area contributed by atoms with E-state index in [1.807, 2.05) is 60.3 Å². The summed E-state index contributed by atoms with van der Waals surface area (Å²) in [7, 11) is 1.94. The summed E-state index contributed by atoms with van der Waals surface area (Å²) in [5.74, 6) is 0.805. The highest BCUT2D eigenvalue weighted by molar-refractivity contribution is 5.52. The molecule has 5 heteroatoms. The number of azo groups is 1. The third-order valence-electron chi connectivity index (χ3n) is 3.37. The minimum absolute atomic E-state index is 0.159. The molecule has 0 aliphatic heterocycles. The molecule has 0 aliphatic carbocycles. The standard InChI is InChI=1S/C17H23N4O/c1-3-11-21(13-14-22)16-9-7-15(8-10-16)18-19-17-6-4-5-12-20(17)2/h4-10,12,22H,3,11,13-14H2,1-2H3/q+1. The number of aliphatic hydroxyl groups excluding tert-OH is 1. The first-order valence-electron chi connectivity index (χ1n) is 7.57. The normalized spacial score (nSPS) is 11.0. The van der Waals surface area contributed by atoms with E-state index in [4.69, 9.17) is 5.11 Å². The third kappa shape index (κ3) is 4.36. The van der Waals surface area contributed by atoms with Gasteiger partial charge in [0.15, 0.2) is 0 Å². The number of aromatic nitrogens is 1. The lowest BCUT2D eigenvalue weighted by molar-refractivity contribution is -0.658. The van der Waals surface area contributed by atoms with Crippen LogP contribution < -0.4 is 9.47 Å². The predicted octanol–water partition coefficient (Wildman–Crippen LogP) is 3.14. The van der Waals surface area contributed by atoms with Gasteiger partial charge in [0.25, 0.3) is 0 Å². The zero-order chi connectivity index (χ0) is 15.8. The molecule has 0 saturated heterocycles. The predicted molar refractivity (Wildman–Crippen MR) is 87.8 cm³/mol. The van der Waals surface area contributed by atoms with Crippen LogP contribution in [0.1, 0.15) is 13.3 Å². The van der Waals surface area contributed by atoms with E-state index in [-0.39, 0.29) is 6.61 Å². The number of rotatable bonds is 7. The van der Waals surface area contributed by atoms with Gasteiger partial charge in [-0.15, -0.1) is 0 Å². The second-order valence-corrected chi connectivity index (χ2v) is 5.10. The summed E-state index contributed by atoms with van der Waals surface area (Å²) < 4.78 is 1.92. The summed E-state index contributed by atoms with van der Waals surface area (Å²) in [6, 6.07) is 13.7. The molecular weight excluding hydrogens is 276 g/mol. The fraction of sp³-hybridized carbons (Fsp3) is 0.353. The van der Waals surface area contributed by atoms with Crippen molar-refractivity contribution in [2.75, 3.05) is 24.6 Å². The van der Waals surface area contributed by atoms with Gasteiger partial charge < -0.3 is 10.0 Å². The number of aryl methyl sites for hydroxylation is 1. The average Bonchev–Trinajstić information content (AvgIpc) is 2.54. The monoisotopic (exact) mass is 299 g/mol. The Morgan fingerprint density at radius 1 is 1.05 bits per heavy atom. The number of anilines is 1. The van der Waals surface area contributed by atoms with Gasteiger partial charge in [0.1, 0.15) is 5.69 Å². The first-order chi connectivity index (χ1) is 10.7. The van der Waals surface area contributed by atoms with E-state index in [1.165, 1.54) is 0 Å². The average molecular weight is 299 g/mol. The van der Waals surface area contributed by atoms with Crippen molar-refractivity contribution >= 4 is 17.2 Å². The van der Waals surface area contributed by atoms with Crippen molar-refractivity contribution in [3.8, 4) is 0 Å². The molecule has 1 N–H and O–H groups in total. The molecule has 0 aliphatic rings. The Bertz CT molecular complexity index is 604. The minimum Gasteiger partial charge on any atom is -0.395 e. The molecule has 0 spiro atoms. The van der Waals surface area contributed by atoms with Crippen LogP contribution in [-0.2, 0) is 7.05 Å². The van der Waals surface area contributed by atoms with E-state index in [1.54, 1.807) is 0 Å². The summed E-state index contributed by atoms with van der Waals surface area (Å²) in [6.07, 6.45) is 2.99. The van der Waals surface area contributed by atoms with Crippen LogP contribution in [0.2, 0.25) is 0 Å². The van der Waals surface area contributed by atoms with Crippen molar-refractivity contribution < 1.29 is 9.67 Å². The fourth-order valence-electron chi connectivity index (χ4n) is 2.22. The number of hydrogen-bond donors (Lipinski definition) is 1. The molecule has 0 unspecified atom stereocenters. The van der Waals surface area contributed by atoms with Gasteiger partial charge in [-0.3, -0.25) is 0 Å². The first kappa shape index (κ1) is 16.1. The van der Waals surface area contributed by atoms with Gasteiger partial charge in [-0.25, -0.2) is 4.57 Å². The molecule has 0 atom stereocenters. The van der Waals surface area contributed by atoms with Gasteiger partial charge in [-0.05, 0) is 41.9 Å². The molecule has 0 fully saturated rings. The van der Waals surface area contributed by atoms with Crippen LogP contribution in [-0.4, -0.2) is 24.8 Å². The maximum atomic E-state index is 9.14. The van der Waals surface area contributed by atoms with E-state index in [2.05, 4.69) is 22.1 Å². The highest BCUT2D eigenvalue weighted by Gasteiger charge is 2.06. The molecule has 0 amide bonds.